The summed E-state index contributed by atoms with van der Waals surface area (Å²) in [5.41, 5.74) is 6.81. The van der Waals surface area contributed by atoms with Crippen LogP contribution in [-0.4, -0.2) is 51.7 Å². The molecular weight excluding hydrogens is 408 g/mol. The third kappa shape index (κ3) is 3.81. The zero-order chi connectivity index (χ0) is 21.8. The molecule has 156 valence electrons. The van der Waals surface area contributed by atoms with Crippen LogP contribution in [0.2, 0.25) is 0 Å². The van der Waals surface area contributed by atoms with Crippen LogP contribution >= 0.6 is 0 Å². The number of aromatic nitrogens is 2. The van der Waals surface area contributed by atoms with Gasteiger partial charge < -0.3 is 15.2 Å². The molecule has 0 saturated carbocycles. The van der Waals surface area contributed by atoms with Crippen molar-refractivity contribution in [1.29, 1.82) is 0 Å². The molecular formula is C15H19N6O7S+. The minimum absolute atomic E-state index is 0.141. The van der Waals surface area contributed by atoms with Gasteiger partial charge in [-0.2, -0.15) is 13.6 Å². The summed E-state index contributed by atoms with van der Waals surface area (Å²) in [6, 6.07) is 4.95. The van der Waals surface area contributed by atoms with Crippen LogP contribution in [0.15, 0.2) is 30.3 Å². The molecule has 2 aromatic rings. The molecule has 5 N–H and O–H groups in total. The molecule has 0 fully saturated rings. The van der Waals surface area contributed by atoms with Crippen molar-refractivity contribution in [1.82, 2.24) is 19.3 Å². The Morgan fingerprint density at radius 3 is 2.07 bits per heavy atom. The first-order chi connectivity index (χ1) is 13.6. The Kier molecular flexibility index (Phi) is 6.33. The number of nitrogens with one attached hydrogen (secondary N) is 1. The van der Waals surface area contributed by atoms with E-state index in [1.807, 2.05) is 5.48 Å². The van der Waals surface area contributed by atoms with Crippen molar-refractivity contribution >= 4 is 33.8 Å². The lowest BCUT2D eigenvalue weighted by atomic mass is 10.1. The Morgan fingerprint density at radius 1 is 1.07 bits per heavy atom. The van der Waals surface area contributed by atoms with Crippen molar-refractivity contribution in [3.63, 3.8) is 0 Å². The largest absolute Gasteiger partial charge is 0.481 e. The molecule has 14 heteroatoms. The summed E-state index contributed by atoms with van der Waals surface area (Å²) >= 11 is 0. The maximum absolute atomic E-state index is 12.8. The number of carbonyl (C=O) groups is 2. The molecule has 1 aromatic heterocycles. The van der Waals surface area contributed by atoms with Crippen LogP contribution in [0.25, 0.3) is 0 Å². The van der Waals surface area contributed by atoms with Gasteiger partial charge in [0.15, 0.2) is 5.69 Å². The fourth-order valence-electron chi connectivity index (χ4n) is 2.53. The average Bonchev–Trinajstić information content (AvgIpc) is 2.67. The summed E-state index contributed by atoms with van der Waals surface area (Å²) in [7, 11) is -1.27. The summed E-state index contributed by atoms with van der Waals surface area (Å²) in [6.07, 6.45) is 0. The molecule has 1 atom stereocenters. The lowest BCUT2D eigenvalue weighted by Gasteiger charge is -2.28. The highest BCUT2D eigenvalue weighted by Crippen LogP contribution is 2.39. The standard InChI is InChI=1S/C15H18N6O7S/c1-26-11-8-12(27-2)19-15(18-11)21(14(16)23,29(17,24)25)10-7-5-4-6-9(10)13(22)20-28-3/h4-8H,1-3H3,(H4-,16,17,20,22,23,24,25)/p+1. The first-order valence-electron chi connectivity index (χ1n) is 7.76. The van der Waals surface area contributed by atoms with Gasteiger partial charge in [0.05, 0.1) is 27.4 Å². The molecule has 0 bridgehead atoms. The Bertz CT molecular complexity index is 1020. The highest BCUT2D eigenvalue weighted by Gasteiger charge is 2.56. The summed E-state index contributed by atoms with van der Waals surface area (Å²) in [5.74, 6) is -1.87. The minimum Gasteiger partial charge on any atom is -0.481 e. The molecule has 0 aliphatic rings. The predicted molar refractivity (Wildman–Crippen MR) is 100 cm³/mol. The first kappa shape index (κ1) is 22.0. The van der Waals surface area contributed by atoms with E-state index in [0.29, 0.717) is 0 Å². The third-order valence-electron chi connectivity index (χ3n) is 3.74. The van der Waals surface area contributed by atoms with E-state index in [9.17, 15) is 18.0 Å². The van der Waals surface area contributed by atoms with Gasteiger partial charge in [-0.05, 0) is 9.95 Å². The molecule has 1 heterocycles. The smallest absolute Gasteiger partial charge is 0.443 e. The van der Waals surface area contributed by atoms with E-state index in [1.54, 1.807) is 0 Å². The van der Waals surface area contributed by atoms with Gasteiger partial charge in [-0.3, -0.25) is 9.63 Å². The number of primary amides is 1. The number of para-hydroxylation sites is 1. The van der Waals surface area contributed by atoms with Gasteiger partial charge in [0.2, 0.25) is 11.8 Å². The molecule has 0 aliphatic carbocycles. The van der Waals surface area contributed by atoms with E-state index < -0.39 is 37.7 Å². The second-order valence-corrected chi connectivity index (χ2v) is 6.95. The number of urea groups is 1. The number of hydroxylamine groups is 1. The molecule has 1 unspecified atom stereocenters. The zero-order valence-corrected chi connectivity index (χ0v) is 16.5. The average molecular weight is 427 g/mol. The molecule has 0 saturated heterocycles. The van der Waals surface area contributed by atoms with Crippen molar-refractivity contribution in [2.24, 2.45) is 10.9 Å². The summed E-state index contributed by atoms with van der Waals surface area (Å²) in [6.45, 7) is 0. The number of quaternary nitrogens is 1. The van der Waals surface area contributed by atoms with Crippen LogP contribution in [0, 0.1) is 0 Å². The Morgan fingerprint density at radius 2 is 1.62 bits per heavy atom. The lowest BCUT2D eigenvalue weighted by Crippen LogP contribution is -2.61. The quantitative estimate of drug-likeness (QED) is 0.394. The van der Waals surface area contributed by atoms with Gasteiger partial charge in [0.25, 0.3) is 5.91 Å². The highest BCUT2D eigenvalue weighted by molar-refractivity contribution is 7.89. The molecule has 2 rings (SSSR count). The molecule has 0 spiro atoms. The maximum Gasteiger partial charge on any atom is 0.443 e. The van der Waals surface area contributed by atoms with Crippen molar-refractivity contribution in [3.05, 3.63) is 35.9 Å². The number of rotatable bonds is 7. The number of benzene rings is 1. The van der Waals surface area contributed by atoms with E-state index in [4.69, 9.17) is 20.3 Å². The van der Waals surface area contributed by atoms with Gasteiger partial charge in [0.1, 0.15) is 5.56 Å². The van der Waals surface area contributed by atoms with E-state index in [2.05, 4.69) is 14.8 Å². The van der Waals surface area contributed by atoms with Crippen molar-refractivity contribution in [3.8, 4) is 11.8 Å². The molecule has 29 heavy (non-hydrogen) atoms. The molecule has 1 aromatic carbocycles. The zero-order valence-electron chi connectivity index (χ0n) is 15.6. The minimum atomic E-state index is -4.95. The fraction of sp³-hybridized carbons (Fsp3) is 0.200. The van der Waals surface area contributed by atoms with Gasteiger partial charge in [0, 0.05) is 6.07 Å². The SMILES string of the molecule is CONC(=O)c1ccccc1[N+](C(N)=O)(c1nc(OC)cc(OC)n1)S(N)(=O)=O. The second-order valence-electron chi connectivity index (χ2n) is 5.37. The third-order valence-corrected chi connectivity index (χ3v) is 5.05. The van der Waals surface area contributed by atoms with E-state index >= 15 is 0 Å². The molecule has 0 aliphatic heterocycles. The monoisotopic (exact) mass is 427 g/mol. The topological polar surface area (TPSA) is 186 Å². The Balaban J connectivity index is 3.02. The molecule has 3 amide bonds. The number of methoxy groups -OCH3 is 2. The van der Waals surface area contributed by atoms with Crippen molar-refractivity contribution in [2.45, 2.75) is 0 Å². The fourth-order valence-corrected chi connectivity index (χ4v) is 3.52. The number of ether oxygens (including phenoxy) is 2. The van der Waals surface area contributed by atoms with Gasteiger partial charge in [-0.15, -0.1) is 9.97 Å². The van der Waals surface area contributed by atoms with E-state index in [0.717, 1.165) is 6.07 Å². The number of carbonyl (C=O) groups excluding carboxylic acids is 2. The van der Waals surface area contributed by atoms with Crippen LogP contribution < -0.4 is 29.7 Å². The summed E-state index contributed by atoms with van der Waals surface area (Å²) in [5, 5.41) is 5.42. The lowest BCUT2D eigenvalue weighted by molar-refractivity contribution is 0.0537. The number of hydrogen-bond acceptors (Lipinski definition) is 9. The number of amides is 3. The van der Waals surface area contributed by atoms with Crippen LogP contribution in [-0.2, 0) is 15.0 Å². The van der Waals surface area contributed by atoms with Gasteiger partial charge in [-0.25, -0.2) is 10.3 Å². The van der Waals surface area contributed by atoms with Crippen LogP contribution in [0.3, 0.4) is 0 Å². The van der Waals surface area contributed by atoms with Crippen LogP contribution in [0.4, 0.5) is 16.4 Å². The highest BCUT2D eigenvalue weighted by atomic mass is 32.2. The summed E-state index contributed by atoms with van der Waals surface area (Å²) < 4.78 is 33.6. The number of nitrogens with zero attached hydrogens (tertiary/aromatic N) is 3. The molecule has 0 radical (unpaired) electrons. The first-order valence-corrected chi connectivity index (χ1v) is 9.26. The number of hydrogen-bond donors (Lipinski definition) is 3. The predicted octanol–water partition coefficient (Wildman–Crippen LogP) is -0.294. The van der Waals surface area contributed by atoms with Gasteiger partial charge >= 0.3 is 22.2 Å². The molecule has 13 nitrogen and oxygen atoms in total. The van der Waals surface area contributed by atoms with Crippen LogP contribution in [0.1, 0.15) is 10.4 Å². The normalized spacial score (nSPS) is 13.2. The van der Waals surface area contributed by atoms with Crippen molar-refractivity contribution in [2.75, 3.05) is 21.3 Å². The van der Waals surface area contributed by atoms with Gasteiger partial charge in [-0.1, -0.05) is 12.1 Å². The number of nitrogens with two attached hydrogens (primary N) is 2. The van der Waals surface area contributed by atoms with E-state index in [1.165, 1.54) is 45.6 Å². The maximum atomic E-state index is 12.8. The summed E-state index contributed by atoms with van der Waals surface area (Å²) in [4.78, 5) is 37.4. The van der Waals surface area contributed by atoms with Crippen LogP contribution in [0.5, 0.6) is 11.8 Å². The second kappa shape index (κ2) is 8.36. The Hall–Kier alpha value is -3.33. The van der Waals surface area contributed by atoms with E-state index in [-0.39, 0.29) is 17.3 Å². The Labute approximate surface area is 165 Å². The van der Waals surface area contributed by atoms with Crippen molar-refractivity contribution < 1.29 is 32.3 Å².